The minimum atomic E-state index is -4.36. The minimum Gasteiger partial charge on any atom is -0.384 e. The summed E-state index contributed by atoms with van der Waals surface area (Å²) in [6, 6.07) is 4.01. The van der Waals surface area contributed by atoms with Crippen molar-refractivity contribution in [2.24, 2.45) is 5.73 Å². The molecule has 0 bridgehead atoms. The van der Waals surface area contributed by atoms with Crippen LogP contribution in [0, 0.1) is 0 Å². The van der Waals surface area contributed by atoms with E-state index >= 15 is 0 Å². The average Bonchev–Trinajstić information content (AvgIpc) is 2.18. The predicted octanol–water partition coefficient (Wildman–Crippen LogP) is 3.62. The molecule has 0 aliphatic carbocycles. The summed E-state index contributed by atoms with van der Waals surface area (Å²) in [6.45, 7) is 2.23. The molecule has 17 heavy (non-hydrogen) atoms. The van der Waals surface area contributed by atoms with Crippen LogP contribution in [0.4, 0.5) is 18.9 Å². The van der Waals surface area contributed by atoms with Crippen LogP contribution < -0.4 is 11.1 Å². The lowest BCUT2D eigenvalue weighted by molar-refractivity contribution is -0.137. The lowest BCUT2D eigenvalue weighted by atomic mass is 10.1. The Kier molecular flexibility index (Phi) is 4.82. The van der Waals surface area contributed by atoms with Gasteiger partial charge in [-0.05, 0) is 31.5 Å². The zero-order chi connectivity index (χ0) is 13.1. The van der Waals surface area contributed by atoms with E-state index in [1.165, 1.54) is 6.07 Å². The van der Waals surface area contributed by atoms with Crippen molar-refractivity contribution in [3.63, 3.8) is 0 Å². The molecule has 0 fully saturated rings. The molecule has 1 rings (SSSR count). The first-order valence-electron chi connectivity index (χ1n) is 5.17. The van der Waals surface area contributed by atoms with Gasteiger partial charge in [0, 0.05) is 22.7 Å². The fraction of sp³-hybridized carbons (Fsp3) is 0.455. The maximum atomic E-state index is 12.7. The van der Waals surface area contributed by atoms with E-state index in [0.717, 1.165) is 6.07 Å². The second kappa shape index (κ2) is 5.73. The van der Waals surface area contributed by atoms with Gasteiger partial charge in [-0.15, -0.1) is 0 Å². The molecule has 0 aromatic heterocycles. The summed E-state index contributed by atoms with van der Waals surface area (Å²) in [4.78, 5) is 0. The molecule has 0 saturated carbocycles. The van der Waals surface area contributed by atoms with E-state index in [1.54, 1.807) is 6.07 Å². The van der Waals surface area contributed by atoms with Gasteiger partial charge in [0.25, 0.3) is 0 Å². The Hall–Kier alpha value is -0.750. The Bertz CT molecular complexity index is 377. The first kappa shape index (κ1) is 14.3. The number of benzene rings is 1. The highest BCUT2D eigenvalue weighted by molar-refractivity contribution is 9.10. The van der Waals surface area contributed by atoms with Gasteiger partial charge in [-0.3, -0.25) is 0 Å². The highest BCUT2D eigenvalue weighted by atomic mass is 79.9. The maximum absolute atomic E-state index is 12.7. The van der Waals surface area contributed by atoms with Crippen molar-refractivity contribution in [3.05, 3.63) is 28.2 Å². The van der Waals surface area contributed by atoms with Crippen LogP contribution in [0.1, 0.15) is 18.9 Å². The number of hydrogen-bond acceptors (Lipinski definition) is 2. The molecular formula is C11H14BrF3N2. The van der Waals surface area contributed by atoms with E-state index in [2.05, 4.69) is 21.2 Å². The van der Waals surface area contributed by atoms with Gasteiger partial charge in [0.1, 0.15) is 0 Å². The molecule has 0 saturated heterocycles. The van der Waals surface area contributed by atoms with Gasteiger partial charge in [0.2, 0.25) is 0 Å². The molecule has 0 heterocycles. The van der Waals surface area contributed by atoms with Gasteiger partial charge in [-0.1, -0.05) is 15.9 Å². The summed E-state index contributed by atoms with van der Waals surface area (Å²) in [5.74, 6) is 0. The number of nitrogens with two attached hydrogens (primary N) is 1. The van der Waals surface area contributed by atoms with E-state index in [1.807, 2.05) is 6.92 Å². The fourth-order valence-electron chi connectivity index (χ4n) is 1.34. The SMILES string of the molecule is CC(N)CCNc1ccc(Br)cc1C(F)(F)F. The second-order valence-electron chi connectivity index (χ2n) is 3.88. The largest absolute Gasteiger partial charge is 0.418 e. The maximum Gasteiger partial charge on any atom is 0.418 e. The Morgan fingerprint density at radius 2 is 2.06 bits per heavy atom. The van der Waals surface area contributed by atoms with Crippen LogP contribution in [-0.2, 0) is 6.18 Å². The van der Waals surface area contributed by atoms with E-state index in [9.17, 15) is 13.2 Å². The van der Waals surface area contributed by atoms with Crippen LogP contribution in [0.15, 0.2) is 22.7 Å². The van der Waals surface area contributed by atoms with Crippen molar-refractivity contribution < 1.29 is 13.2 Å². The summed E-state index contributed by atoms with van der Waals surface area (Å²) in [7, 11) is 0. The monoisotopic (exact) mass is 310 g/mol. The molecule has 0 radical (unpaired) electrons. The summed E-state index contributed by atoms with van der Waals surface area (Å²) in [5.41, 5.74) is 4.95. The number of nitrogens with one attached hydrogen (secondary N) is 1. The topological polar surface area (TPSA) is 38.0 Å². The zero-order valence-electron chi connectivity index (χ0n) is 9.31. The number of halogens is 4. The summed E-state index contributed by atoms with van der Waals surface area (Å²) < 4.78 is 38.6. The van der Waals surface area contributed by atoms with Crippen molar-refractivity contribution in [1.29, 1.82) is 0 Å². The molecule has 1 aromatic carbocycles. The number of hydrogen-bond donors (Lipinski definition) is 2. The predicted molar refractivity (Wildman–Crippen MR) is 65.9 cm³/mol. The van der Waals surface area contributed by atoms with Gasteiger partial charge >= 0.3 is 6.18 Å². The van der Waals surface area contributed by atoms with E-state index in [4.69, 9.17) is 5.73 Å². The average molecular weight is 311 g/mol. The molecule has 1 aromatic rings. The van der Waals surface area contributed by atoms with Crippen molar-refractivity contribution >= 4 is 21.6 Å². The third-order valence-electron chi connectivity index (χ3n) is 2.20. The Labute approximate surface area is 107 Å². The molecule has 2 nitrogen and oxygen atoms in total. The van der Waals surface area contributed by atoms with E-state index < -0.39 is 11.7 Å². The minimum absolute atomic E-state index is 0.0349. The first-order chi connectivity index (χ1) is 7.80. The van der Waals surface area contributed by atoms with Crippen LogP contribution in [0.5, 0.6) is 0 Å². The smallest absolute Gasteiger partial charge is 0.384 e. The molecule has 6 heteroatoms. The van der Waals surface area contributed by atoms with Crippen molar-refractivity contribution in [2.45, 2.75) is 25.6 Å². The van der Waals surface area contributed by atoms with Gasteiger partial charge in [-0.2, -0.15) is 13.2 Å². The lowest BCUT2D eigenvalue weighted by Crippen LogP contribution is -2.20. The highest BCUT2D eigenvalue weighted by Gasteiger charge is 2.33. The van der Waals surface area contributed by atoms with Crippen LogP contribution in [0.2, 0.25) is 0 Å². The second-order valence-corrected chi connectivity index (χ2v) is 4.80. The van der Waals surface area contributed by atoms with E-state index in [-0.39, 0.29) is 11.7 Å². The molecule has 1 atom stereocenters. The van der Waals surface area contributed by atoms with Crippen molar-refractivity contribution in [1.82, 2.24) is 0 Å². The first-order valence-corrected chi connectivity index (χ1v) is 5.96. The van der Waals surface area contributed by atoms with Crippen LogP contribution >= 0.6 is 15.9 Å². The zero-order valence-corrected chi connectivity index (χ0v) is 10.9. The molecule has 0 aliphatic heterocycles. The van der Waals surface area contributed by atoms with Crippen LogP contribution in [0.25, 0.3) is 0 Å². The molecule has 0 amide bonds. The Morgan fingerprint density at radius 3 is 2.59 bits per heavy atom. The third kappa shape index (κ3) is 4.55. The van der Waals surface area contributed by atoms with Gasteiger partial charge in [0.15, 0.2) is 0 Å². The molecule has 3 N–H and O–H groups in total. The molecular weight excluding hydrogens is 297 g/mol. The van der Waals surface area contributed by atoms with Crippen molar-refractivity contribution in [3.8, 4) is 0 Å². The normalized spacial score (nSPS) is 13.5. The van der Waals surface area contributed by atoms with Gasteiger partial charge in [-0.25, -0.2) is 0 Å². The Balaban J connectivity index is 2.84. The highest BCUT2D eigenvalue weighted by Crippen LogP contribution is 2.36. The van der Waals surface area contributed by atoms with Crippen LogP contribution in [-0.4, -0.2) is 12.6 Å². The van der Waals surface area contributed by atoms with Gasteiger partial charge < -0.3 is 11.1 Å². The number of rotatable bonds is 4. The summed E-state index contributed by atoms with van der Waals surface area (Å²) in [5, 5.41) is 2.76. The third-order valence-corrected chi connectivity index (χ3v) is 2.70. The standard InChI is InChI=1S/C11H14BrF3N2/c1-7(16)4-5-17-10-3-2-8(12)6-9(10)11(13,14)15/h2-3,6-7,17H,4-5,16H2,1H3. The molecule has 0 aliphatic rings. The lowest BCUT2D eigenvalue weighted by Gasteiger charge is -2.15. The van der Waals surface area contributed by atoms with E-state index in [0.29, 0.717) is 17.4 Å². The number of alkyl halides is 3. The molecule has 1 unspecified atom stereocenters. The van der Waals surface area contributed by atoms with Crippen molar-refractivity contribution in [2.75, 3.05) is 11.9 Å². The fourth-order valence-corrected chi connectivity index (χ4v) is 1.70. The quantitative estimate of drug-likeness (QED) is 0.891. The Morgan fingerprint density at radius 1 is 1.41 bits per heavy atom. The molecule has 0 spiro atoms. The summed E-state index contributed by atoms with van der Waals surface area (Å²) in [6.07, 6.45) is -3.74. The number of anilines is 1. The summed E-state index contributed by atoms with van der Waals surface area (Å²) >= 11 is 3.03. The molecule has 96 valence electrons. The van der Waals surface area contributed by atoms with Crippen LogP contribution in [0.3, 0.4) is 0 Å². The van der Waals surface area contributed by atoms with Gasteiger partial charge in [0.05, 0.1) is 5.56 Å².